The van der Waals surface area contributed by atoms with E-state index in [9.17, 15) is 0 Å². The monoisotopic (exact) mass is 197 g/mol. The van der Waals surface area contributed by atoms with Gasteiger partial charge in [0.05, 0.1) is 0 Å². The van der Waals surface area contributed by atoms with Crippen LogP contribution in [0, 0.1) is 6.92 Å². The Morgan fingerprint density at radius 2 is 2.15 bits per heavy atom. The molecule has 72 valence electrons. The quantitative estimate of drug-likeness (QED) is 0.786. The van der Waals surface area contributed by atoms with Crippen molar-refractivity contribution >= 4 is 11.6 Å². The van der Waals surface area contributed by atoms with Gasteiger partial charge in [-0.25, -0.2) is 0 Å². The van der Waals surface area contributed by atoms with Crippen LogP contribution < -0.4 is 5.32 Å². The SMILES string of the molecule is CNC(C)Cc1cc(C)ccc1Cl. The molecular weight excluding hydrogens is 182 g/mol. The van der Waals surface area contributed by atoms with Crippen LogP contribution in [-0.2, 0) is 6.42 Å². The van der Waals surface area contributed by atoms with E-state index in [-0.39, 0.29) is 0 Å². The molecule has 0 aliphatic rings. The van der Waals surface area contributed by atoms with E-state index in [1.807, 2.05) is 19.2 Å². The molecule has 1 unspecified atom stereocenters. The summed E-state index contributed by atoms with van der Waals surface area (Å²) in [5.74, 6) is 0. The maximum absolute atomic E-state index is 6.07. The van der Waals surface area contributed by atoms with Crippen LogP contribution in [0.3, 0.4) is 0 Å². The third-order valence-electron chi connectivity index (χ3n) is 2.22. The number of hydrogen-bond donors (Lipinski definition) is 1. The lowest BCUT2D eigenvalue weighted by Gasteiger charge is -2.11. The summed E-state index contributed by atoms with van der Waals surface area (Å²) in [5.41, 5.74) is 2.49. The second kappa shape index (κ2) is 4.64. The van der Waals surface area contributed by atoms with Gasteiger partial charge >= 0.3 is 0 Å². The molecule has 0 fully saturated rings. The standard InChI is InChI=1S/C11H16ClN/c1-8-4-5-11(12)10(6-8)7-9(2)13-3/h4-6,9,13H,7H2,1-3H3. The fourth-order valence-corrected chi connectivity index (χ4v) is 1.49. The zero-order chi connectivity index (χ0) is 9.84. The number of rotatable bonds is 3. The van der Waals surface area contributed by atoms with Gasteiger partial charge in [-0.2, -0.15) is 0 Å². The number of aryl methyl sites for hydroxylation is 1. The number of likely N-dealkylation sites (N-methyl/N-ethyl adjacent to an activating group) is 1. The van der Waals surface area contributed by atoms with E-state index in [1.165, 1.54) is 11.1 Å². The van der Waals surface area contributed by atoms with Crippen molar-refractivity contribution in [1.29, 1.82) is 0 Å². The minimum Gasteiger partial charge on any atom is -0.317 e. The molecule has 1 N–H and O–H groups in total. The van der Waals surface area contributed by atoms with Crippen LogP contribution in [0.25, 0.3) is 0 Å². The van der Waals surface area contributed by atoms with Gasteiger partial charge in [0.1, 0.15) is 0 Å². The van der Waals surface area contributed by atoms with E-state index in [2.05, 4.69) is 25.2 Å². The summed E-state index contributed by atoms with van der Waals surface area (Å²) < 4.78 is 0. The van der Waals surface area contributed by atoms with Crippen LogP contribution in [-0.4, -0.2) is 13.1 Å². The van der Waals surface area contributed by atoms with Crippen LogP contribution in [0.2, 0.25) is 5.02 Å². The van der Waals surface area contributed by atoms with Crippen molar-refractivity contribution < 1.29 is 0 Å². The van der Waals surface area contributed by atoms with Crippen molar-refractivity contribution in [1.82, 2.24) is 5.32 Å². The minimum atomic E-state index is 0.472. The van der Waals surface area contributed by atoms with Crippen LogP contribution in [0.1, 0.15) is 18.1 Å². The lowest BCUT2D eigenvalue weighted by atomic mass is 10.1. The normalized spacial score (nSPS) is 12.9. The highest BCUT2D eigenvalue weighted by Crippen LogP contribution is 2.18. The molecule has 1 rings (SSSR count). The predicted molar refractivity (Wildman–Crippen MR) is 58.4 cm³/mol. The Bertz CT molecular complexity index is 283. The number of benzene rings is 1. The summed E-state index contributed by atoms with van der Waals surface area (Å²) in [6.45, 7) is 4.24. The second-order valence-electron chi connectivity index (χ2n) is 3.49. The van der Waals surface area contributed by atoms with E-state index in [0.717, 1.165) is 11.4 Å². The number of hydrogen-bond acceptors (Lipinski definition) is 1. The van der Waals surface area contributed by atoms with E-state index in [0.29, 0.717) is 6.04 Å². The largest absolute Gasteiger partial charge is 0.317 e. The highest BCUT2D eigenvalue weighted by atomic mass is 35.5. The van der Waals surface area contributed by atoms with E-state index < -0.39 is 0 Å². The molecule has 0 bridgehead atoms. The van der Waals surface area contributed by atoms with Crippen LogP contribution in [0.15, 0.2) is 18.2 Å². The molecule has 0 saturated carbocycles. The molecule has 0 radical (unpaired) electrons. The maximum atomic E-state index is 6.07. The summed E-state index contributed by atoms with van der Waals surface area (Å²) in [6.07, 6.45) is 0.983. The van der Waals surface area contributed by atoms with Crippen molar-refractivity contribution in [3.63, 3.8) is 0 Å². The topological polar surface area (TPSA) is 12.0 Å². The van der Waals surface area contributed by atoms with Gasteiger partial charge in [0.15, 0.2) is 0 Å². The molecule has 1 aromatic rings. The van der Waals surface area contributed by atoms with Crippen molar-refractivity contribution in [2.24, 2.45) is 0 Å². The molecule has 1 atom stereocenters. The molecular formula is C11H16ClN. The van der Waals surface area contributed by atoms with Gasteiger partial charge in [-0.3, -0.25) is 0 Å². The van der Waals surface area contributed by atoms with Gasteiger partial charge in [0, 0.05) is 11.1 Å². The first kappa shape index (κ1) is 10.6. The van der Waals surface area contributed by atoms with Gasteiger partial charge in [0.2, 0.25) is 0 Å². The Hall–Kier alpha value is -0.530. The van der Waals surface area contributed by atoms with Gasteiger partial charge in [-0.1, -0.05) is 29.3 Å². The first-order valence-corrected chi connectivity index (χ1v) is 4.93. The molecule has 13 heavy (non-hydrogen) atoms. The van der Waals surface area contributed by atoms with Gasteiger partial charge in [-0.15, -0.1) is 0 Å². The van der Waals surface area contributed by atoms with Crippen LogP contribution in [0.4, 0.5) is 0 Å². The Labute approximate surface area is 85.1 Å². The summed E-state index contributed by atoms with van der Waals surface area (Å²) in [4.78, 5) is 0. The highest BCUT2D eigenvalue weighted by Gasteiger charge is 2.04. The second-order valence-corrected chi connectivity index (χ2v) is 3.90. The van der Waals surface area contributed by atoms with Crippen molar-refractivity contribution in [3.8, 4) is 0 Å². The Morgan fingerprint density at radius 1 is 1.46 bits per heavy atom. The average molecular weight is 198 g/mol. The van der Waals surface area contributed by atoms with Crippen molar-refractivity contribution in [2.75, 3.05) is 7.05 Å². The summed E-state index contributed by atoms with van der Waals surface area (Å²) in [7, 11) is 1.97. The molecule has 1 nitrogen and oxygen atoms in total. The Morgan fingerprint density at radius 3 is 2.77 bits per heavy atom. The zero-order valence-corrected chi connectivity index (χ0v) is 9.15. The van der Waals surface area contributed by atoms with E-state index >= 15 is 0 Å². The van der Waals surface area contributed by atoms with E-state index in [4.69, 9.17) is 11.6 Å². The number of nitrogens with one attached hydrogen (secondary N) is 1. The molecule has 0 amide bonds. The molecule has 0 spiro atoms. The third-order valence-corrected chi connectivity index (χ3v) is 2.59. The Kier molecular flexibility index (Phi) is 3.76. The first-order chi connectivity index (χ1) is 6.13. The first-order valence-electron chi connectivity index (χ1n) is 4.55. The lowest BCUT2D eigenvalue weighted by Crippen LogP contribution is -2.23. The van der Waals surface area contributed by atoms with Gasteiger partial charge in [-0.05, 0) is 38.9 Å². The lowest BCUT2D eigenvalue weighted by molar-refractivity contribution is 0.608. The minimum absolute atomic E-state index is 0.472. The predicted octanol–water partition coefficient (Wildman–Crippen LogP) is 2.80. The summed E-state index contributed by atoms with van der Waals surface area (Å²) in [5, 5.41) is 4.07. The van der Waals surface area contributed by atoms with E-state index in [1.54, 1.807) is 0 Å². The summed E-state index contributed by atoms with van der Waals surface area (Å²) in [6, 6.07) is 6.62. The number of halogens is 1. The molecule has 0 heterocycles. The maximum Gasteiger partial charge on any atom is 0.0438 e. The van der Waals surface area contributed by atoms with Crippen LogP contribution in [0.5, 0.6) is 0 Å². The van der Waals surface area contributed by atoms with Crippen molar-refractivity contribution in [2.45, 2.75) is 26.3 Å². The van der Waals surface area contributed by atoms with Crippen LogP contribution >= 0.6 is 11.6 Å². The average Bonchev–Trinajstić information content (AvgIpc) is 2.11. The fourth-order valence-electron chi connectivity index (χ4n) is 1.29. The molecule has 1 aromatic carbocycles. The van der Waals surface area contributed by atoms with Gasteiger partial charge in [0.25, 0.3) is 0 Å². The zero-order valence-electron chi connectivity index (χ0n) is 8.39. The third kappa shape index (κ3) is 3.02. The van der Waals surface area contributed by atoms with Crippen molar-refractivity contribution in [3.05, 3.63) is 34.3 Å². The molecule has 0 aliphatic heterocycles. The molecule has 0 aliphatic carbocycles. The highest BCUT2D eigenvalue weighted by molar-refractivity contribution is 6.31. The fraction of sp³-hybridized carbons (Fsp3) is 0.455. The molecule has 0 aromatic heterocycles. The smallest absolute Gasteiger partial charge is 0.0438 e. The van der Waals surface area contributed by atoms with Gasteiger partial charge < -0.3 is 5.32 Å². The summed E-state index contributed by atoms with van der Waals surface area (Å²) >= 11 is 6.07. The Balaban J connectivity index is 2.81. The molecule has 2 heteroatoms. The molecule has 0 saturated heterocycles.